The van der Waals surface area contributed by atoms with Crippen LogP contribution in [0.25, 0.3) is 0 Å². The van der Waals surface area contributed by atoms with E-state index in [1.54, 1.807) is 0 Å². The molecule has 2 aromatic rings. The largest absolute Gasteiger partial charge is 0.489 e. The summed E-state index contributed by atoms with van der Waals surface area (Å²) >= 11 is 0. The highest BCUT2D eigenvalue weighted by molar-refractivity contribution is 5.81. The summed E-state index contributed by atoms with van der Waals surface area (Å²) in [5, 5.41) is 0. The fraction of sp³-hybridized carbons (Fsp3) is 0.567. The minimum absolute atomic E-state index is 0.126. The van der Waals surface area contributed by atoms with Crippen LogP contribution in [0.5, 0.6) is 5.75 Å². The molecule has 1 amide bonds. The first kappa shape index (κ1) is 25.6. The van der Waals surface area contributed by atoms with E-state index < -0.39 is 0 Å². The van der Waals surface area contributed by atoms with Crippen molar-refractivity contribution in [3.63, 3.8) is 0 Å². The van der Waals surface area contributed by atoms with E-state index in [2.05, 4.69) is 55.1 Å². The molecule has 0 bridgehead atoms. The van der Waals surface area contributed by atoms with Crippen molar-refractivity contribution in [2.24, 2.45) is 11.7 Å². The molecule has 0 spiro atoms. The lowest BCUT2D eigenvalue weighted by Crippen LogP contribution is -2.53. The minimum Gasteiger partial charge on any atom is -0.489 e. The van der Waals surface area contributed by atoms with Crippen LogP contribution in [0.1, 0.15) is 70.8 Å². The number of nitrogens with two attached hydrogens (primary N) is 1. The zero-order valence-electron chi connectivity index (χ0n) is 21.6. The normalized spacial score (nSPS) is 18.5. The molecule has 1 saturated carbocycles. The van der Waals surface area contributed by atoms with Crippen LogP contribution < -0.4 is 15.4 Å². The van der Waals surface area contributed by atoms with E-state index in [0.29, 0.717) is 24.6 Å². The molecule has 1 heterocycles. The van der Waals surface area contributed by atoms with Crippen molar-refractivity contribution in [3.05, 3.63) is 60.2 Å². The van der Waals surface area contributed by atoms with Crippen LogP contribution >= 0.6 is 0 Å². The molecule has 1 atom stereocenters. The van der Waals surface area contributed by atoms with Crippen LogP contribution in [0.15, 0.2) is 54.6 Å². The fourth-order valence-corrected chi connectivity index (χ4v) is 5.74. The maximum Gasteiger partial charge on any atom is 0.239 e. The molecule has 0 radical (unpaired) electrons. The summed E-state index contributed by atoms with van der Waals surface area (Å²) < 4.78 is 6.03. The molecule has 4 rings (SSSR count). The molecular formula is C30H43N3O2. The summed E-state index contributed by atoms with van der Waals surface area (Å²) in [6.45, 7) is 6.43. The third kappa shape index (κ3) is 7.00. The number of piperidine rings is 1. The third-order valence-corrected chi connectivity index (χ3v) is 7.56. The Morgan fingerprint density at radius 1 is 0.943 bits per heavy atom. The van der Waals surface area contributed by atoms with Crippen LogP contribution in [-0.4, -0.2) is 42.0 Å². The number of ether oxygens (including phenoxy) is 1. The fourth-order valence-electron chi connectivity index (χ4n) is 5.74. The number of anilines is 1. The van der Waals surface area contributed by atoms with Gasteiger partial charge in [0, 0.05) is 30.9 Å². The molecule has 2 N–H and O–H groups in total. The topological polar surface area (TPSA) is 58.8 Å². The van der Waals surface area contributed by atoms with Gasteiger partial charge in [-0.05, 0) is 67.9 Å². The van der Waals surface area contributed by atoms with Gasteiger partial charge in [-0.3, -0.25) is 4.79 Å². The summed E-state index contributed by atoms with van der Waals surface area (Å²) in [5.74, 6) is 1.47. The van der Waals surface area contributed by atoms with Crippen molar-refractivity contribution in [2.45, 2.75) is 89.9 Å². The predicted octanol–water partition coefficient (Wildman–Crippen LogP) is 5.77. The number of likely N-dealkylation sites (tertiary alicyclic amines) is 1. The zero-order chi connectivity index (χ0) is 24.6. The molecule has 2 fully saturated rings. The summed E-state index contributed by atoms with van der Waals surface area (Å²) in [5.41, 5.74) is 8.67. The summed E-state index contributed by atoms with van der Waals surface area (Å²) in [7, 11) is 0. The van der Waals surface area contributed by atoms with E-state index in [-0.39, 0.29) is 11.9 Å². The predicted molar refractivity (Wildman–Crippen MR) is 144 cm³/mol. The first-order valence-corrected chi connectivity index (χ1v) is 13.6. The summed E-state index contributed by atoms with van der Waals surface area (Å²) in [6.07, 6.45) is 9.23. The number of benzene rings is 2. The molecule has 5 nitrogen and oxygen atoms in total. The maximum absolute atomic E-state index is 12.9. The molecule has 2 aliphatic rings. The summed E-state index contributed by atoms with van der Waals surface area (Å²) in [6, 6.07) is 19.6. The Balaban J connectivity index is 1.41. The highest BCUT2D eigenvalue weighted by Crippen LogP contribution is 2.33. The molecule has 1 saturated heterocycles. The molecule has 1 unspecified atom stereocenters. The standard InChI is InChI=1S/C30H43N3O2/c1-23(2)21-29(31)30(34)32-19-17-27(18-20-32)33(25-11-7-4-8-12-25)26-13-15-28(16-14-26)35-22-24-9-5-3-6-10-24/h3,5-6,9-10,13-16,23,25,27,29H,4,7-8,11-12,17-22,31H2,1-2H3. The second-order valence-electron chi connectivity index (χ2n) is 10.8. The summed E-state index contributed by atoms with van der Waals surface area (Å²) in [4.78, 5) is 17.5. The van der Waals surface area contributed by atoms with Crippen molar-refractivity contribution in [1.82, 2.24) is 4.90 Å². The molecule has 190 valence electrons. The van der Waals surface area contributed by atoms with Gasteiger partial charge in [0.1, 0.15) is 12.4 Å². The SMILES string of the molecule is CC(C)CC(N)C(=O)N1CCC(N(c2ccc(OCc3ccccc3)cc2)C2CCCCC2)CC1. The van der Waals surface area contributed by atoms with E-state index in [1.165, 1.54) is 43.4 Å². The van der Waals surface area contributed by atoms with E-state index in [4.69, 9.17) is 10.5 Å². The average molecular weight is 478 g/mol. The molecule has 0 aromatic heterocycles. The van der Waals surface area contributed by atoms with Crippen LogP contribution in [0.4, 0.5) is 5.69 Å². The van der Waals surface area contributed by atoms with Crippen molar-refractivity contribution >= 4 is 11.6 Å². The molecule has 1 aliphatic carbocycles. The number of carbonyl (C=O) groups is 1. The van der Waals surface area contributed by atoms with Gasteiger partial charge in [0.25, 0.3) is 0 Å². The number of rotatable bonds is 9. The zero-order valence-corrected chi connectivity index (χ0v) is 21.6. The average Bonchev–Trinajstić information content (AvgIpc) is 2.89. The first-order chi connectivity index (χ1) is 17.0. The Bertz CT molecular complexity index is 901. The number of hydrogen-bond donors (Lipinski definition) is 1. The van der Waals surface area contributed by atoms with Gasteiger partial charge in [0.05, 0.1) is 6.04 Å². The number of hydrogen-bond acceptors (Lipinski definition) is 4. The smallest absolute Gasteiger partial charge is 0.239 e. The molecular weight excluding hydrogens is 434 g/mol. The molecule has 1 aliphatic heterocycles. The number of nitrogens with zero attached hydrogens (tertiary/aromatic N) is 2. The lowest BCUT2D eigenvalue weighted by Gasteiger charge is -2.45. The van der Waals surface area contributed by atoms with E-state index in [0.717, 1.165) is 38.1 Å². The lowest BCUT2D eigenvalue weighted by molar-refractivity contribution is -0.134. The Morgan fingerprint density at radius 2 is 1.57 bits per heavy atom. The Morgan fingerprint density at radius 3 is 2.20 bits per heavy atom. The molecule has 2 aromatic carbocycles. The van der Waals surface area contributed by atoms with E-state index >= 15 is 0 Å². The van der Waals surface area contributed by atoms with Crippen LogP contribution in [-0.2, 0) is 11.4 Å². The molecule has 35 heavy (non-hydrogen) atoms. The van der Waals surface area contributed by atoms with Crippen LogP contribution in [0.2, 0.25) is 0 Å². The van der Waals surface area contributed by atoms with E-state index in [9.17, 15) is 4.79 Å². The van der Waals surface area contributed by atoms with Crippen LogP contribution in [0, 0.1) is 5.92 Å². The van der Waals surface area contributed by atoms with Crippen molar-refractivity contribution < 1.29 is 9.53 Å². The van der Waals surface area contributed by atoms with Gasteiger partial charge in [-0.25, -0.2) is 0 Å². The third-order valence-electron chi connectivity index (χ3n) is 7.56. The second kappa shape index (κ2) is 12.4. The van der Waals surface area contributed by atoms with Gasteiger partial charge in [-0.15, -0.1) is 0 Å². The second-order valence-corrected chi connectivity index (χ2v) is 10.8. The highest BCUT2D eigenvalue weighted by atomic mass is 16.5. The van der Waals surface area contributed by atoms with Crippen LogP contribution in [0.3, 0.4) is 0 Å². The van der Waals surface area contributed by atoms with Crippen molar-refractivity contribution in [1.29, 1.82) is 0 Å². The maximum atomic E-state index is 12.9. The van der Waals surface area contributed by atoms with Gasteiger partial charge in [0.2, 0.25) is 5.91 Å². The Kier molecular flexibility index (Phi) is 9.08. The van der Waals surface area contributed by atoms with E-state index in [1.807, 2.05) is 23.1 Å². The highest BCUT2D eigenvalue weighted by Gasteiger charge is 2.33. The molecule has 5 heteroatoms. The quantitative estimate of drug-likeness (QED) is 0.498. The van der Waals surface area contributed by atoms with Crippen molar-refractivity contribution in [3.8, 4) is 5.75 Å². The monoisotopic (exact) mass is 477 g/mol. The van der Waals surface area contributed by atoms with Gasteiger partial charge in [-0.1, -0.05) is 63.4 Å². The Hall–Kier alpha value is -2.53. The minimum atomic E-state index is -0.371. The number of amides is 1. The lowest BCUT2D eigenvalue weighted by atomic mass is 9.90. The van der Waals surface area contributed by atoms with Gasteiger partial charge < -0.3 is 20.3 Å². The first-order valence-electron chi connectivity index (χ1n) is 13.6. The van der Waals surface area contributed by atoms with Gasteiger partial charge >= 0.3 is 0 Å². The number of carbonyl (C=O) groups excluding carboxylic acids is 1. The van der Waals surface area contributed by atoms with Crippen molar-refractivity contribution in [2.75, 3.05) is 18.0 Å². The van der Waals surface area contributed by atoms with Gasteiger partial charge in [0.15, 0.2) is 0 Å². The van der Waals surface area contributed by atoms with Gasteiger partial charge in [-0.2, -0.15) is 0 Å². The Labute approximate surface area is 211 Å².